The van der Waals surface area contributed by atoms with Gasteiger partial charge in [-0.1, -0.05) is 6.92 Å². The van der Waals surface area contributed by atoms with Gasteiger partial charge in [0.2, 0.25) is 0 Å². The number of aromatic nitrogens is 2. The van der Waals surface area contributed by atoms with Gasteiger partial charge in [-0.3, -0.25) is 9.89 Å². The molecule has 5 nitrogen and oxygen atoms in total. The summed E-state index contributed by atoms with van der Waals surface area (Å²) in [7, 11) is 0. The molecule has 1 amide bonds. The zero-order valence-corrected chi connectivity index (χ0v) is 16.5. The van der Waals surface area contributed by atoms with E-state index in [1.54, 1.807) is 18.3 Å². The van der Waals surface area contributed by atoms with Gasteiger partial charge in [-0.05, 0) is 74.9 Å². The third-order valence-corrected chi connectivity index (χ3v) is 6.20. The van der Waals surface area contributed by atoms with Crippen molar-refractivity contribution in [1.82, 2.24) is 20.0 Å². The molecule has 0 radical (unpaired) electrons. The SMILES string of the molecule is CC1CCN(C[C@H]2CCCN(C(=O)c3cn[nH]c3-c3ccc(F)cc3)C2)CC1. The maximum absolute atomic E-state index is 13.2. The third kappa shape index (κ3) is 4.27. The van der Waals surface area contributed by atoms with Crippen LogP contribution in [-0.2, 0) is 0 Å². The highest BCUT2D eigenvalue weighted by Crippen LogP contribution is 2.26. The third-order valence-electron chi connectivity index (χ3n) is 6.20. The Morgan fingerprint density at radius 1 is 1.18 bits per heavy atom. The molecule has 1 N–H and O–H groups in total. The van der Waals surface area contributed by atoms with Gasteiger partial charge in [-0.25, -0.2) is 4.39 Å². The zero-order valence-electron chi connectivity index (χ0n) is 16.5. The molecule has 2 aromatic rings. The van der Waals surface area contributed by atoms with Crippen molar-refractivity contribution in [3.63, 3.8) is 0 Å². The number of hydrogen-bond acceptors (Lipinski definition) is 3. The van der Waals surface area contributed by atoms with Crippen molar-refractivity contribution >= 4 is 5.91 Å². The van der Waals surface area contributed by atoms with Crippen LogP contribution in [0.2, 0.25) is 0 Å². The van der Waals surface area contributed by atoms with Crippen molar-refractivity contribution in [1.29, 1.82) is 0 Å². The molecule has 28 heavy (non-hydrogen) atoms. The molecule has 2 saturated heterocycles. The first-order chi connectivity index (χ1) is 13.6. The molecule has 1 aromatic heterocycles. The minimum atomic E-state index is -0.290. The number of aromatic amines is 1. The van der Waals surface area contributed by atoms with Gasteiger partial charge < -0.3 is 9.80 Å². The number of hydrogen-bond donors (Lipinski definition) is 1. The van der Waals surface area contributed by atoms with Crippen LogP contribution in [0.5, 0.6) is 0 Å². The van der Waals surface area contributed by atoms with E-state index in [1.165, 1.54) is 44.5 Å². The Morgan fingerprint density at radius 3 is 2.68 bits per heavy atom. The summed E-state index contributed by atoms with van der Waals surface area (Å²) < 4.78 is 13.2. The number of H-pyrrole nitrogens is 1. The lowest BCUT2D eigenvalue weighted by molar-refractivity contribution is 0.0623. The van der Waals surface area contributed by atoms with Crippen molar-refractivity contribution in [3.8, 4) is 11.3 Å². The lowest BCUT2D eigenvalue weighted by Crippen LogP contribution is -2.45. The van der Waals surface area contributed by atoms with Crippen LogP contribution in [0, 0.1) is 17.7 Å². The van der Waals surface area contributed by atoms with Gasteiger partial charge in [0, 0.05) is 25.2 Å². The Bertz CT molecular complexity index is 795. The summed E-state index contributed by atoms with van der Waals surface area (Å²) in [5.41, 5.74) is 2.01. The smallest absolute Gasteiger partial charge is 0.257 e. The molecule has 0 spiro atoms. The predicted molar refractivity (Wildman–Crippen MR) is 107 cm³/mol. The summed E-state index contributed by atoms with van der Waals surface area (Å²) in [4.78, 5) is 17.7. The zero-order chi connectivity index (χ0) is 19.5. The number of nitrogens with one attached hydrogen (secondary N) is 1. The number of amides is 1. The van der Waals surface area contributed by atoms with E-state index in [4.69, 9.17) is 0 Å². The van der Waals surface area contributed by atoms with E-state index >= 15 is 0 Å². The van der Waals surface area contributed by atoms with Gasteiger partial charge in [0.15, 0.2) is 0 Å². The van der Waals surface area contributed by atoms with Crippen LogP contribution in [0.15, 0.2) is 30.5 Å². The van der Waals surface area contributed by atoms with Gasteiger partial charge >= 0.3 is 0 Å². The van der Waals surface area contributed by atoms with Crippen LogP contribution in [0.3, 0.4) is 0 Å². The van der Waals surface area contributed by atoms with Crippen molar-refractivity contribution in [3.05, 3.63) is 41.8 Å². The summed E-state index contributed by atoms with van der Waals surface area (Å²) in [5.74, 6) is 1.10. The van der Waals surface area contributed by atoms with Crippen molar-refractivity contribution in [2.75, 3.05) is 32.7 Å². The van der Waals surface area contributed by atoms with Crippen molar-refractivity contribution in [2.45, 2.75) is 32.6 Å². The number of piperidine rings is 2. The molecule has 4 rings (SSSR count). The number of likely N-dealkylation sites (tertiary alicyclic amines) is 2. The second-order valence-electron chi connectivity index (χ2n) is 8.41. The molecule has 6 heteroatoms. The van der Waals surface area contributed by atoms with Gasteiger partial charge in [-0.2, -0.15) is 5.10 Å². The Morgan fingerprint density at radius 2 is 1.93 bits per heavy atom. The minimum absolute atomic E-state index is 0.0186. The maximum atomic E-state index is 13.2. The van der Waals surface area contributed by atoms with Crippen LogP contribution in [0.1, 0.15) is 43.0 Å². The van der Waals surface area contributed by atoms with Crippen LogP contribution in [0.4, 0.5) is 4.39 Å². The lowest BCUT2D eigenvalue weighted by atomic mass is 9.94. The molecular formula is C22H29FN4O. The summed E-state index contributed by atoms with van der Waals surface area (Å²) >= 11 is 0. The Kier molecular flexibility index (Phi) is 5.76. The standard InChI is InChI=1S/C22H29FN4O/c1-16-8-11-26(12-9-16)14-17-3-2-10-27(15-17)22(28)20-13-24-25-21(20)18-4-6-19(23)7-5-18/h4-7,13,16-17H,2-3,8-12,14-15H2,1H3,(H,24,25)/t17-/m1/s1. The predicted octanol–water partition coefficient (Wildman–Crippen LogP) is 3.80. The number of benzene rings is 1. The van der Waals surface area contributed by atoms with E-state index in [0.717, 1.165) is 37.5 Å². The Labute approximate surface area is 165 Å². The average molecular weight is 384 g/mol. The first-order valence-electron chi connectivity index (χ1n) is 10.4. The van der Waals surface area contributed by atoms with Gasteiger partial charge in [0.05, 0.1) is 17.5 Å². The van der Waals surface area contributed by atoms with E-state index in [0.29, 0.717) is 17.2 Å². The highest BCUT2D eigenvalue weighted by atomic mass is 19.1. The molecule has 0 unspecified atom stereocenters. The molecule has 2 aliphatic heterocycles. The molecule has 3 heterocycles. The summed E-state index contributed by atoms with van der Waals surface area (Å²) in [6.45, 7) is 7.39. The number of carbonyl (C=O) groups is 1. The molecule has 2 aliphatic rings. The minimum Gasteiger partial charge on any atom is -0.338 e. The molecule has 0 aliphatic carbocycles. The molecule has 150 valence electrons. The van der Waals surface area contributed by atoms with E-state index in [-0.39, 0.29) is 11.7 Å². The van der Waals surface area contributed by atoms with Crippen LogP contribution in [-0.4, -0.2) is 58.6 Å². The first-order valence-corrected chi connectivity index (χ1v) is 10.4. The lowest BCUT2D eigenvalue weighted by Gasteiger charge is -2.37. The molecule has 1 aromatic carbocycles. The second-order valence-corrected chi connectivity index (χ2v) is 8.41. The second kappa shape index (κ2) is 8.43. The summed E-state index contributed by atoms with van der Waals surface area (Å²) in [6.07, 6.45) is 6.39. The number of rotatable bonds is 4. The van der Waals surface area contributed by atoms with Gasteiger partial charge in [0.1, 0.15) is 5.82 Å². The largest absolute Gasteiger partial charge is 0.338 e. The van der Waals surface area contributed by atoms with Gasteiger partial charge in [0.25, 0.3) is 5.91 Å². The van der Waals surface area contributed by atoms with E-state index < -0.39 is 0 Å². The summed E-state index contributed by atoms with van der Waals surface area (Å²) in [5, 5.41) is 7.00. The normalized spacial score (nSPS) is 21.8. The monoisotopic (exact) mass is 384 g/mol. The fraction of sp³-hybridized carbons (Fsp3) is 0.545. The average Bonchev–Trinajstić information content (AvgIpc) is 3.20. The molecule has 2 fully saturated rings. The highest BCUT2D eigenvalue weighted by Gasteiger charge is 2.28. The van der Waals surface area contributed by atoms with Crippen molar-refractivity contribution in [2.24, 2.45) is 11.8 Å². The topological polar surface area (TPSA) is 52.2 Å². The molecule has 0 bridgehead atoms. The Hall–Kier alpha value is -2.21. The quantitative estimate of drug-likeness (QED) is 0.872. The maximum Gasteiger partial charge on any atom is 0.257 e. The molecule has 1 atom stereocenters. The van der Waals surface area contributed by atoms with Crippen molar-refractivity contribution < 1.29 is 9.18 Å². The fourth-order valence-electron chi connectivity index (χ4n) is 4.46. The number of carbonyl (C=O) groups excluding carboxylic acids is 1. The van der Waals surface area contributed by atoms with Crippen LogP contribution < -0.4 is 0 Å². The highest BCUT2D eigenvalue weighted by molar-refractivity contribution is 5.99. The van der Waals surface area contributed by atoms with Crippen LogP contribution in [0.25, 0.3) is 11.3 Å². The number of halogens is 1. The van der Waals surface area contributed by atoms with Gasteiger partial charge in [-0.15, -0.1) is 0 Å². The Balaban J connectivity index is 1.42. The molecular weight excluding hydrogens is 355 g/mol. The van der Waals surface area contributed by atoms with E-state index in [2.05, 4.69) is 22.0 Å². The molecule has 0 saturated carbocycles. The van der Waals surface area contributed by atoms with Crippen LogP contribution >= 0.6 is 0 Å². The first kappa shape index (κ1) is 19.1. The van der Waals surface area contributed by atoms with E-state index in [9.17, 15) is 9.18 Å². The summed E-state index contributed by atoms with van der Waals surface area (Å²) in [6, 6.07) is 6.16. The number of nitrogens with zero attached hydrogens (tertiary/aromatic N) is 3. The van der Waals surface area contributed by atoms with E-state index in [1.807, 2.05) is 4.90 Å². The fourth-order valence-corrected chi connectivity index (χ4v) is 4.46.